The number of hydrogen-bond acceptors (Lipinski definition) is 2. The Hall–Kier alpha value is -0.940. The van der Waals surface area contributed by atoms with E-state index in [-0.39, 0.29) is 0 Å². The third kappa shape index (κ3) is 3.94. The number of benzene rings is 2. The minimum atomic E-state index is 0.701. The summed E-state index contributed by atoms with van der Waals surface area (Å²) in [6, 6.07) is 14.8. The van der Waals surface area contributed by atoms with E-state index >= 15 is 0 Å². The van der Waals surface area contributed by atoms with Crippen molar-refractivity contribution in [2.24, 2.45) is 5.73 Å². The average molecular weight is 451 g/mol. The monoisotopic (exact) mass is 449 g/mol. The van der Waals surface area contributed by atoms with Crippen LogP contribution in [0, 0.1) is 0 Å². The lowest BCUT2D eigenvalue weighted by molar-refractivity contribution is 0.985. The summed E-state index contributed by atoms with van der Waals surface area (Å²) in [6.07, 6.45) is 6.44. The third-order valence-corrected chi connectivity index (χ3v) is 6.61. The molecule has 3 aromatic rings. The molecule has 23 heavy (non-hydrogen) atoms. The number of nitrogens with two attached hydrogens (primary N) is 1. The molecule has 118 valence electrons. The van der Waals surface area contributed by atoms with E-state index in [1.807, 2.05) is 11.3 Å². The molecule has 4 rings (SSSR count). The van der Waals surface area contributed by atoms with Crippen molar-refractivity contribution < 1.29 is 0 Å². The van der Waals surface area contributed by atoms with Gasteiger partial charge >= 0.3 is 0 Å². The van der Waals surface area contributed by atoms with Gasteiger partial charge in [0.05, 0.1) is 0 Å². The molecule has 0 saturated carbocycles. The minimum Gasteiger partial charge on any atom is -0.330 e. The number of allylic oxidation sites excluding steroid dienone is 1. The van der Waals surface area contributed by atoms with E-state index in [4.69, 9.17) is 5.73 Å². The molecular weight excluding hydrogens is 434 g/mol. The molecule has 0 aliphatic heterocycles. The van der Waals surface area contributed by atoms with Gasteiger partial charge in [-0.2, -0.15) is 0 Å². The zero-order chi connectivity index (χ0) is 16.2. The van der Waals surface area contributed by atoms with Crippen molar-refractivity contribution in [3.8, 4) is 0 Å². The van der Waals surface area contributed by atoms with Gasteiger partial charge in [0.15, 0.2) is 0 Å². The SMILES string of the molecule is C1=Cc2ccccc2C1.NCCc1sc2ccc(Br)cc2c1Br. The van der Waals surface area contributed by atoms with Crippen molar-refractivity contribution in [1.29, 1.82) is 0 Å². The third-order valence-electron chi connectivity index (χ3n) is 3.72. The highest BCUT2D eigenvalue weighted by Crippen LogP contribution is 2.37. The highest BCUT2D eigenvalue weighted by molar-refractivity contribution is 9.11. The highest BCUT2D eigenvalue weighted by atomic mass is 79.9. The molecule has 0 fully saturated rings. The topological polar surface area (TPSA) is 26.0 Å². The van der Waals surface area contributed by atoms with Crippen LogP contribution in [0.25, 0.3) is 16.2 Å². The molecule has 0 amide bonds. The molecule has 2 aromatic carbocycles. The van der Waals surface area contributed by atoms with Crippen LogP contribution >= 0.6 is 43.2 Å². The second kappa shape index (κ2) is 7.75. The molecule has 2 N–H and O–H groups in total. The summed E-state index contributed by atoms with van der Waals surface area (Å²) in [5, 5.41) is 1.27. The summed E-state index contributed by atoms with van der Waals surface area (Å²) in [5.74, 6) is 0. The van der Waals surface area contributed by atoms with Gasteiger partial charge in [0.2, 0.25) is 0 Å². The molecule has 0 unspecified atom stereocenters. The Morgan fingerprint density at radius 3 is 2.70 bits per heavy atom. The van der Waals surface area contributed by atoms with Crippen LogP contribution in [0.3, 0.4) is 0 Å². The van der Waals surface area contributed by atoms with Crippen LogP contribution in [0.5, 0.6) is 0 Å². The fraction of sp³-hybridized carbons (Fsp3) is 0.158. The summed E-state index contributed by atoms with van der Waals surface area (Å²) in [7, 11) is 0. The smallest absolute Gasteiger partial charge is 0.0394 e. The number of fused-ring (bicyclic) bond motifs is 2. The van der Waals surface area contributed by atoms with Crippen molar-refractivity contribution in [2.45, 2.75) is 12.8 Å². The number of thiophene rings is 1. The van der Waals surface area contributed by atoms with Crippen molar-refractivity contribution >= 4 is 59.4 Å². The fourth-order valence-electron chi connectivity index (χ4n) is 2.58. The Bertz CT molecular complexity index is 852. The zero-order valence-electron chi connectivity index (χ0n) is 12.6. The Labute approximate surface area is 157 Å². The Kier molecular flexibility index (Phi) is 5.70. The van der Waals surface area contributed by atoms with Gasteiger partial charge in [-0.15, -0.1) is 11.3 Å². The summed E-state index contributed by atoms with van der Waals surface area (Å²) < 4.78 is 3.62. The first kappa shape index (κ1) is 16.9. The fourth-order valence-corrected chi connectivity index (χ4v) is 4.93. The van der Waals surface area contributed by atoms with Crippen molar-refractivity contribution in [1.82, 2.24) is 0 Å². The largest absolute Gasteiger partial charge is 0.330 e. The first-order valence-corrected chi connectivity index (χ1v) is 9.90. The van der Waals surface area contributed by atoms with Crippen LogP contribution in [0.4, 0.5) is 0 Å². The van der Waals surface area contributed by atoms with E-state index in [9.17, 15) is 0 Å². The standard InChI is InChI=1S/C10H9Br2NS.C9H8/c11-6-1-2-8-7(5-6)10(12)9(14-8)3-4-13;1-2-5-9-7-3-6-8(9)4-1/h1-2,5H,3-4,13H2;1-6H,7H2. The van der Waals surface area contributed by atoms with E-state index in [0.29, 0.717) is 6.54 Å². The second-order valence-corrected chi connectivity index (χ2v) is 8.17. The molecule has 1 nitrogen and oxygen atoms in total. The quantitative estimate of drug-likeness (QED) is 0.495. The molecule has 0 spiro atoms. The molecule has 0 bridgehead atoms. The molecule has 0 saturated heterocycles. The Morgan fingerprint density at radius 2 is 1.91 bits per heavy atom. The summed E-state index contributed by atoms with van der Waals surface area (Å²) >= 11 is 8.90. The second-order valence-electron chi connectivity index (χ2n) is 5.32. The van der Waals surface area contributed by atoms with Gasteiger partial charge in [0.25, 0.3) is 0 Å². The van der Waals surface area contributed by atoms with Gasteiger partial charge in [0, 0.05) is 23.9 Å². The lowest BCUT2D eigenvalue weighted by atomic mass is 10.1. The van der Waals surface area contributed by atoms with Gasteiger partial charge in [-0.3, -0.25) is 0 Å². The molecule has 0 atom stereocenters. The molecule has 1 heterocycles. The van der Waals surface area contributed by atoms with Gasteiger partial charge < -0.3 is 5.73 Å². The number of rotatable bonds is 2. The van der Waals surface area contributed by atoms with E-state index < -0.39 is 0 Å². The van der Waals surface area contributed by atoms with E-state index in [2.05, 4.69) is 86.5 Å². The summed E-state index contributed by atoms with van der Waals surface area (Å²) in [5.41, 5.74) is 8.40. The van der Waals surface area contributed by atoms with Crippen LogP contribution in [0.15, 0.2) is 57.5 Å². The van der Waals surface area contributed by atoms with Crippen molar-refractivity contribution in [3.63, 3.8) is 0 Å². The lowest BCUT2D eigenvalue weighted by Gasteiger charge is -1.93. The van der Waals surface area contributed by atoms with Gasteiger partial charge in [-0.25, -0.2) is 0 Å². The number of hydrogen-bond donors (Lipinski definition) is 1. The van der Waals surface area contributed by atoms with E-state index in [1.165, 1.54) is 30.6 Å². The zero-order valence-corrected chi connectivity index (χ0v) is 16.5. The van der Waals surface area contributed by atoms with Crippen molar-refractivity contribution in [2.75, 3.05) is 6.54 Å². The van der Waals surface area contributed by atoms with Crippen LogP contribution < -0.4 is 5.73 Å². The van der Waals surface area contributed by atoms with Crippen LogP contribution in [-0.2, 0) is 12.8 Å². The lowest BCUT2D eigenvalue weighted by Crippen LogP contribution is -2.01. The molecule has 4 heteroatoms. The van der Waals surface area contributed by atoms with Crippen LogP contribution in [0.1, 0.15) is 16.0 Å². The van der Waals surface area contributed by atoms with Crippen LogP contribution in [-0.4, -0.2) is 6.54 Å². The summed E-state index contributed by atoms with van der Waals surface area (Å²) in [4.78, 5) is 1.33. The molecular formula is C19H17Br2NS. The Balaban J connectivity index is 0.000000149. The van der Waals surface area contributed by atoms with Gasteiger partial charge in [-0.05, 0) is 64.6 Å². The first-order chi connectivity index (χ1) is 11.2. The van der Waals surface area contributed by atoms with E-state index in [0.717, 1.165) is 17.3 Å². The Morgan fingerprint density at radius 1 is 1.09 bits per heavy atom. The number of halogens is 2. The van der Waals surface area contributed by atoms with Gasteiger partial charge in [-0.1, -0.05) is 52.3 Å². The predicted molar refractivity (Wildman–Crippen MR) is 109 cm³/mol. The maximum Gasteiger partial charge on any atom is 0.0394 e. The molecule has 1 aliphatic carbocycles. The predicted octanol–water partition coefficient (Wildman–Crippen LogP) is 6.18. The van der Waals surface area contributed by atoms with E-state index in [1.54, 1.807) is 0 Å². The summed E-state index contributed by atoms with van der Waals surface area (Å²) in [6.45, 7) is 0.701. The molecule has 1 aliphatic rings. The normalized spacial score (nSPS) is 12.1. The molecule has 1 aromatic heterocycles. The maximum atomic E-state index is 5.56. The highest BCUT2D eigenvalue weighted by Gasteiger charge is 2.08. The maximum absolute atomic E-state index is 5.56. The molecule has 0 radical (unpaired) electrons. The van der Waals surface area contributed by atoms with Gasteiger partial charge in [0.1, 0.15) is 0 Å². The van der Waals surface area contributed by atoms with Crippen molar-refractivity contribution in [3.05, 3.63) is 73.5 Å². The van der Waals surface area contributed by atoms with Crippen LogP contribution in [0.2, 0.25) is 0 Å². The average Bonchev–Trinajstić information content (AvgIpc) is 3.15. The minimum absolute atomic E-state index is 0.701. The first-order valence-electron chi connectivity index (χ1n) is 7.50.